The number of rotatable bonds is 3. The molecular formula is C23H37IO2. The lowest BCUT2D eigenvalue weighted by Gasteiger charge is -2.61. The number of carbonyl (C=O) groups is 1. The van der Waals surface area contributed by atoms with Gasteiger partial charge in [0.1, 0.15) is 9.89 Å². The van der Waals surface area contributed by atoms with E-state index in [2.05, 4.69) is 43.4 Å². The van der Waals surface area contributed by atoms with Crippen molar-refractivity contribution in [2.45, 2.75) is 95.7 Å². The van der Waals surface area contributed by atoms with Gasteiger partial charge in [0.2, 0.25) is 0 Å². The number of hydrogen-bond donors (Lipinski definition) is 0. The second-order valence-electron chi connectivity index (χ2n) is 10.5. The average molecular weight is 472 g/mol. The van der Waals surface area contributed by atoms with Gasteiger partial charge in [0.15, 0.2) is 0 Å². The zero-order chi connectivity index (χ0) is 18.7. The van der Waals surface area contributed by atoms with E-state index in [0.29, 0.717) is 32.7 Å². The molecule has 9 atom stereocenters. The first-order valence-electron chi connectivity index (χ1n) is 11.1. The summed E-state index contributed by atoms with van der Waals surface area (Å²) in [6, 6.07) is 0. The summed E-state index contributed by atoms with van der Waals surface area (Å²) in [5.41, 5.74) is 0.820. The van der Waals surface area contributed by atoms with E-state index in [9.17, 15) is 4.79 Å². The van der Waals surface area contributed by atoms with Crippen molar-refractivity contribution in [3.05, 3.63) is 0 Å². The fourth-order valence-electron chi connectivity index (χ4n) is 8.28. The molecule has 4 aliphatic carbocycles. The Morgan fingerprint density at radius 2 is 1.69 bits per heavy atom. The number of carbonyl (C=O) groups excluding carboxylic acids is 1. The summed E-state index contributed by atoms with van der Waals surface area (Å²) in [4.78, 5) is 12.3. The summed E-state index contributed by atoms with van der Waals surface area (Å²) in [6.07, 6.45) is 12.3. The molecule has 0 N–H and O–H groups in total. The van der Waals surface area contributed by atoms with E-state index in [1.165, 1.54) is 51.4 Å². The van der Waals surface area contributed by atoms with Gasteiger partial charge in [0.25, 0.3) is 0 Å². The molecule has 0 spiro atoms. The lowest BCUT2D eigenvalue weighted by molar-refractivity contribution is -0.142. The van der Waals surface area contributed by atoms with Gasteiger partial charge in [0.05, 0.1) is 6.10 Å². The third-order valence-electron chi connectivity index (χ3n) is 9.49. The predicted octanol–water partition coefficient (Wildman–Crippen LogP) is 6.40. The Labute approximate surface area is 173 Å². The van der Waals surface area contributed by atoms with Gasteiger partial charge >= 0.3 is 0 Å². The molecule has 0 radical (unpaired) electrons. The van der Waals surface area contributed by atoms with Crippen molar-refractivity contribution in [3.63, 3.8) is 0 Å². The third-order valence-corrected chi connectivity index (χ3v) is 9.78. The zero-order valence-electron chi connectivity index (χ0n) is 17.1. The maximum absolute atomic E-state index is 12.3. The van der Waals surface area contributed by atoms with Crippen LogP contribution in [0.5, 0.6) is 0 Å². The molecule has 0 aromatic rings. The first-order valence-corrected chi connectivity index (χ1v) is 12.3. The maximum Gasteiger partial charge on any atom is 0.133 e. The largest absolute Gasteiger partial charge is 0.365 e. The lowest BCUT2D eigenvalue weighted by Crippen LogP contribution is -2.54. The normalized spacial score (nSPS) is 51.9. The molecule has 148 valence electrons. The Hall–Kier alpha value is 0.360. The number of alkyl halides is 1. The summed E-state index contributed by atoms with van der Waals surface area (Å²) < 4.78 is 6.53. The summed E-state index contributed by atoms with van der Waals surface area (Å²) in [7, 11) is 0. The Kier molecular flexibility index (Phi) is 5.30. The second kappa shape index (κ2) is 7.00. The van der Waals surface area contributed by atoms with Crippen LogP contribution in [0.25, 0.3) is 0 Å². The minimum Gasteiger partial charge on any atom is -0.365 e. The van der Waals surface area contributed by atoms with E-state index in [1.807, 2.05) is 6.92 Å². The SMILES string of the molecule is CC(=O)[C@H]1CC[C@H]2[C@@H]3CC[C@H]4C[C@@H](OC(C)I)CC[C@]4(C)[C@H]3CC[C@]12C. The molecule has 0 aromatic heterocycles. The van der Waals surface area contributed by atoms with Crippen molar-refractivity contribution in [2.75, 3.05) is 0 Å². The van der Waals surface area contributed by atoms with Crippen molar-refractivity contribution >= 4 is 28.4 Å². The van der Waals surface area contributed by atoms with Crippen LogP contribution in [0.3, 0.4) is 0 Å². The Morgan fingerprint density at radius 1 is 1.00 bits per heavy atom. The van der Waals surface area contributed by atoms with E-state index in [-0.39, 0.29) is 0 Å². The summed E-state index contributed by atoms with van der Waals surface area (Å²) in [5.74, 6) is 4.22. The van der Waals surface area contributed by atoms with Crippen LogP contribution in [-0.2, 0) is 9.53 Å². The van der Waals surface area contributed by atoms with Crippen molar-refractivity contribution in [2.24, 2.45) is 40.4 Å². The molecular weight excluding hydrogens is 435 g/mol. The van der Waals surface area contributed by atoms with E-state index in [4.69, 9.17) is 4.74 Å². The monoisotopic (exact) mass is 472 g/mol. The number of fused-ring (bicyclic) bond motifs is 5. The molecule has 0 amide bonds. The summed E-state index contributed by atoms with van der Waals surface area (Å²) in [5, 5.41) is 0. The minimum atomic E-state index is 0.299. The Balaban J connectivity index is 1.53. The van der Waals surface area contributed by atoms with Crippen LogP contribution in [-0.4, -0.2) is 16.0 Å². The van der Waals surface area contributed by atoms with Gasteiger partial charge in [-0.2, -0.15) is 0 Å². The maximum atomic E-state index is 12.3. The summed E-state index contributed by atoms with van der Waals surface area (Å²) >= 11 is 2.40. The molecule has 26 heavy (non-hydrogen) atoms. The lowest BCUT2D eigenvalue weighted by atomic mass is 9.44. The quantitative estimate of drug-likeness (QED) is 0.351. The van der Waals surface area contributed by atoms with Gasteiger partial charge in [-0.15, -0.1) is 0 Å². The molecule has 4 rings (SSSR count). The highest BCUT2D eigenvalue weighted by Gasteiger charge is 2.60. The van der Waals surface area contributed by atoms with Gasteiger partial charge < -0.3 is 4.74 Å². The van der Waals surface area contributed by atoms with Gasteiger partial charge in [-0.05, 0) is 106 Å². The van der Waals surface area contributed by atoms with Crippen molar-refractivity contribution in [3.8, 4) is 0 Å². The van der Waals surface area contributed by atoms with Gasteiger partial charge in [0, 0.05) is 5.92 Å². The number of hydrogen-bond acceptors (Lipinski definition) is 2. The minimum absolute atomic E-state index is 0.299. The number of Topliss-reactive ketones (excluding diaryl/α,β-unsaturated/α-hetero) is 1. The van der Waals surface area contributed by atoms with Crippen molar-refractivity contribution in [1.29, 1.82) is 0 Å². The van der Waals surface area contributed by atoms with Gasteiger partial charge in [-0.3, -0.25) is 4.79 Å². The molecule has 4 fully saturated rings. The fourth-order valence-corrected chi connectivity index (χ4v) is 8.69. The van der Waals surface area contributed by atoms with Crippen molar-refractivity contribution in [1.82, 2.24) is 0 Å². The fraction of sp³-hybridized carbons (Fsp3) is 0.957. The van der Waals surface area contributed by atoms with Crippen LogP contribution in [0.1, 0.15) is 85.5 Å². The van der Waals surface area contributed by atoms with E-state index in [0.717, 1.165) is 30.1 Å². The van der Waals surface area contributed by atoms with Crippen LogP contribution >= 0.6 is 22.6 Å². The molecule has 1 unspecified atom stereocenters. The van der Waals surface area contributed by atoms with Gasteiger partial charge in [-0.25, -0.2) is 0 Å². The molecule has 4 aliphatic rings. The Morgan fingerprint density at radius 3 is 2.38 bits per heavy atom. The van der Waals surface area contributed by atoms with E-state index in [1.54, 1.807) is 0 Å². The molecule has 0 bridgehead atoms. The van der Waals surface area contributed by atoms with Gasteiger partial charge in [-0.1, -0.05) is 36.4 Å². The second-order valence-corrected chi connectivity index (χ2v) is 12.3. The molecule has 2 nitrogen and oxygen atoms in total. The summed E-state index contributed by atoms with van der Waals surface area (Å²) in [6.45, 7) is 9.10. The van der Waals surface area contributed by atoms with Crippen LogP contribution in [0.2, 0.25) is 0 Å². The highest BCUT2D eigenvalue weighted by Crippen LogP contribution is 2.67. The van der Waals surface area contributed by atoms with Crippen LogP contribution in [0, 0.1) is 40.4 Å². The molecule has 0 saturated heterocycles. The number of ether oxygens (including phenoxy) is 1. The molecule has 0 aliphatic heterocycles. The standard InChI is InChI=1S/C23H37IO2/c1-14(25)19-7-8-20-18-6-5-16-13-17(26-15(2)24)9-11-22(16,3)21(18)10-12-23(19,20)4/h15-21H,5-13H2,1-4H3/t15?,16-,17-,18-,19+,20-,21-,22-,23+/m0/s1. The average Bonchev–Trinajstić information content (AvgIpc) is 2.92. The van der Waals surface area contributed by atoms with Crippen LogP contribution in [0.15, 0.2) is 0 Å². The molecule has 0 heterocycles. The van der Waals surface area contributed by atoms with E-state index >= 15 is 0 Å². The first-order chi connectivity index (χ1) is 12.3. The number of halogens is 1. The highest BCUT2D eigenvalue weighted by atomic mass is 127. The van der Waals surface area contributed by atoms with Crippen molar-refractivity contribution < 1.29 is 9.53 Å². The topological polar surface area (TPSA) is 26.3 Å². The Bertz CT molecular complexity index is 560. The first kappa shape index (κ1) is 19.7. The van der Waals surface area contributed by atoms with E-state index < -0.39 is 0 Å². The predicted molar refractivity (Wildman–Crippen MR) is 114 cm³/mol. The number of ketones is 1. The molecule has 4 saturated carbocycles. The third kappa shape index (κ3) is 3.02. The smallest absolute Gasteiger partial charge is 0.133 e. The van der Waals surface area contributed by atoms with Crippen LogP contribution < -0.4 is 0 Å². The zero-order valence-corrected chi connectivity index (χ0v) is 19.3. The molecule has 0 aromatic carbocycles. The van der Waals surface area contributed by atoms with Crippen LogP contribution in [0.4, 0.5) is 0 Å². The molecule has 3 heteroatoms. The highest BCUT2D eigenvalue weighted by molar-refractivity contribution is 14.1.